The fourth-order valence-corrected chi connectivity index (χ4v) is 4.55. The lowest BCUT2D eigenvalue weighted by Gasteiger charge is -2.40. The molecule has 6 nitrogen and oxygen atoms in total. The summed E-state index contributed by atoms with van der Waals surface area (Å²) < 4.78 is 35.3. The predicted molar refractivity (Wildman–Crippen MR) is 142 cm³/mol. The van der Waals surface area contributed by atoms with Crippen molar-refractivity contribution in [3.8, 4) is 11.3 Å². The molecule has 1 atom stereocenters. The minimum Gasteiger partial charge on any atom is -0.375 e. The van der Waals surface area contributed by atoms with Crippen LogP contribution in [0.25, 0.3) is 11.3 Å². The number of imidazole rings is 1. The van der Waals surface area contributed by atoms with Gasteiger partial charge in [-0.3, -0.25) is 4.79 Å². The van der Waals surface area contributed by atoms with Crippen LogP contribution in [-0.4, -0.2) is 66.2 Å². The Morgan fingerprint density at radius 2 is 1.73 bits per heavy atom. The van der Waals surface area contributed by atoms with E-state index in [1.165, 1.54) is 31.4 Å². The summed E-state index contributed by atoms with van der Waals surface area (Å²) in [5, 5.41) is 0. The summed E-state index contributed by atoms with van der Waals surface area (Å²) in [6, 6.07) is 12.3. The summed E-state index contributed by atoms with van der Waals surface area (Å²) in [6.45, 7) is 7.85. The molecule has 3 rings (SSSR count). The summed E-state index contributed by atoms with van der Waals surface area (Å²) in [6.07, 6.45) is 2.63. The Bertz CT molecular complexity index is 1190. The smallest absolute Gasteiger partial charge is 0.249 e. The summed E-state index contributed by atoms with van der Waals surface area (Å²) in [5.41, 5.74) is 1.59. The van der Waals surface area contributed by atoms with Crippen LogP contribution in [0.5, 0.6) is 0 Å². The van der Waals surface area contributed by atoms with Gasteiger partial charge >= 0.3 is 0 Å². The minimum absolute atomic E-state index is 0.0457. The van der Waals surface area contributed by atoms with E-state index in [9.17, 15) is 13.6 Å². The molecule has 200 valence electrons. The predicted octanol–water partition coefficient (Wildman–Crippen LogP) is 5.39. The Kier molecular flexibility index (Phi) is 9.56. The van der Waals surface area contributed by atoms with Crippen molar-refractivity contribution >= 4 is 5.91 Å². The van der Waals surface area contributed by atoms with Crippen LogP contribution in [0.4, 0.5) is 8.78 Å². The Morgan fingerprint density at radius 1 is 1.05 bits per heavy atom. The largest absolute Gasteiger partial charge is 0.375 e. The highest BCUT2D eigenvalue weighted by molar-refractivity contribution is 5.78. The lowest BCUT2D eigenvalue weighted by atomic mass is 9.84. The monoisotopic (exact) mass is 512 g/mol. The fraction of sp³-hybridized carbons (Fsp3) is 0.448. The number of carbonyl (C=O) groups is 1. The number of carbonyl (C=O) groups excluding carboxylic acids is 1. The van der Waals surface area contributed by atoms with Crippen LogP contribution in [0.3, 0.4) is 0 Å². The highest BCUT2D eigenvalue weighted by atomic mass is 19.1. The second kappa shape index (κ2) is 12.4. The second-order valence-corrected chi connectivity index (χ2v) is 10.7. The van der Waals surface area contributed by atoms with E-state index in [0.717, 1.165) is 18.5 Å². The van der Waals surface area contributed by atoms with Gasteiger partial charge in [-0.2, -0.15) is 0 Å². The zero-order valence-corrected chi connectivity index (χ0v) is 22.7. The Balaban J connectivity index is 2.15. The standard InChI is InChI=1S/C29H38F2N4O2/c1-29(2,3)27(35(26(36)20-37-6)15-9-14-33(4)5)28-32-25(22-11-8-13-24(31)17-22)19-34(28)18-21-10-7-12-23(30)16-21/h7-8,10-13,16-17,19,27H,9,14-15,18,20H2,1-6H3. The Morgan fingerprint density at radius 3 is 2.32 bits per heavy atom. The molecule has 0 saturated heterocycles. The first-order valence-electron chi connectivity index (χ1n) is 12.5. The van der Waals surface area contributed by atoms with Gasteiger partial charge in [-0.1, -0.05) is 45.0 Å². The fourth-order valence-electron chi connectivity index (χ4n) is 4.55. The summed E-state index contributed by atoms with van der Waals surface area (Å²) >= 11 is 0. The molecule has 0 spiro atoms. The number of hydrogen-bond donors (Lipinski definition) is 0. The van der Waals surface area contributed by atoms with Gasteiger partial charge in [0.25, 0.3) is 0 Å². The molecule has 1 heterocycles. The van der Waals surface area contributed by atoms with Crippen LogP contribution in [0.2, 0.25) is 0 Å². The van der Waals surface area contributed by atoms with E-state index in [-0.39, 0.29) is 24.1 Å². The van der Waals surface area contributed by atoms with Gasteiger partial charge in [0.1, 0.15) is 24.1 Å². The van der Waals surface area contributed by atoms with E-state index >= 15 is 0 Å². The van der Waals surface area contributed by atoms with Crippen LogP contribution in [-0.2, 0) is 16.1 Å². The second-order valence-electron chi connectivity index (χ2n) is 10.7. The van der Waals surface area contributed by atoms with Crippen molar-refractivity contribution in [1.29, 1.82) is 0 Å². The number of benzene rings is 2. The van der Waals surface area contributed by atoms with Gasteiger partial charge < -0.3 is 19.1 Å². The SMILES string of the molecule is COCC(=O)N(CCCN(C)C)C(c1nc(-c2cccc(F)c2)cn1Cc1cccc(F)c1)C(C)(C)C. The first-order chi connectivity index (χ1) is 17.5. The zero-order chi connectivity index (χ0) is 27.2. The highest BCUT2D eigenvalue weighted by Gasteiger charge is 2.38. The molecule has 3 aromatic rings. The molecule has 0 fully saturated rings. The average Bonchev–Trinajstić information content (AvgIpc) is 3.20. The lowest BCUT2D eigenvalue weighted by molar-refractivity contribution is -0.140. The van der Waals surface area contributed by atoms with Gasteiger partial charge in [0.2, 0.25) is 5.91 Å². The first-order valence-corrected chi connectivity index (χ1v) is 12.5. The molecule has 1 unspecified atom stereocenters. The third-order valence-corrected chi connectivity index (χ3v) is 6.14. The third kappa shape index (κ3) is 7.69. The lowest BCUT2D eigenvalue weighted by Crippen LogP contribution is -2.45. The number of aromatic nitrogens is 2. The normalized spacial score (nSPS) is 12.7. The van der Waals surface area contributed by atoms with Crippen molar-refractivity contribution in [2.75, 3.05) is 40.9 Å². The van der Waals surface area contributed by atoms with Crippen LogP contribution in [0.15, 0.2) is 54.7 Å². The Hall–Kier alpha value is -3.10. The van der Waals surface area contributed by atoms with Gasteiger partial charge in [-0.05, 0) is 62.3 Å². The maximum Gasteiger partial charge on any atom is 0.249 e. The zero-order valence-electron chi connectivity index (χ0n) is 22.7. The molecule has 2 aromatic carbocycles. The molecular weight excluding hydrogens is 474 g/mol. The van der Waals surface area contributed by atoms with Crippen molar-refractivity contribution in [1.82, 2.24) is 19.4 Å². The first kappa shape index (κ1) is 28.5. The molecular formula is C29H38F2N4O2. The molecule has 8 heteroatoms. The summed E-state index contributed by atoms with van der Waals surface area (Å²) in [7, 11) is 5.51. The number of ether oxygens (including phenoxy) is 1. The Labute approximate surface area is 218 Å². The molecule has 0 aliphatic rings. The molecule has 0 bridgehead atoms. The topological polar surface area (TPSA) is 50.6 Å². The summed E-state index contributed by atoms with van der Waals surface area (Å²) in [4.78, 5) is 22.3. The molecule has 0 radical (unpaired) electrons. The summed E-state index contributed by atoms with van der Waals surface area (Å²) in [5.74, 6) is -0.150. The molecule has 0 aliphatic carbocycles. The number of halogens is 2. The van der Waals surface area contributed by atoms with Crippen molar-refractivity contribution in [2.24, 2.45) is 5.41 Å². The van der Waals surface area contributed by atoms with Crippen molar-refractivity contribution in [3.05, 3.63) is 77.8 Å². The number of hydrogen-bond acceptors (Lipinski definition) is 4. The van der Waals surface area contributed by atoms with E-state index in [1.54, 1.807) is 18.2 Å². The number of methoxy groups -OCH3 is 1. The molecule has 0 saturated carbocycles. The molecule has 0 N–H and O–H groups in total. The van der Waals surface area contributed by atoms with Crippen molar-refractivity contribution in [3.63, 3.8) is 0 Å². The maximum absolute atomic E-state index is 14.1. The van der Waals surface area contributed by atoms with E-state index in [1.807, 2.05) is 35.8 Å². The van der Waals surface area contributed by atoms with E-state index in [0.29, 0.717) is 30.2 Å². The van der Waals surface area contributed by atoms with Crippen LogP contribution >= 0.6 is 0 Å². The van der Waals surface area contributed by atoms with E-state index in [4.69, 9.17) is 9.72 Å². The van der Waals surface area contributed by atoms with Crippen molar-refractivity contribution < 1.29 is 18.3 Å². The van der Waals surface area contributed by atoms with Crippen LogP contribution in [0.1, 0.15) is 44.6 Å². The molecule has 0 aliphatic heterocycles. The van der Waals surface area contributed by atoms with Gasteiger partial charge in [0.05, 0.1) is 11.7 Å². The average molecular weight is 513 g/mol. The van der Waals surface area contributed by atoms with Gasteiger partial charge in [0, 0.05) is 32.0 Å². The van der Waals surface area contributed by atoms with Crippen molar-refractivity contribution in [2.45, 2.75) is 39.8 Å². The number of nitrogens with zero attached hydrogens (tertiary/aromatic N) is 4. The minimum atomic E-state index is -0.409. The number of rotatable bonds is 11. The maximum atomic E-state index is 14.1. The number of amides is 1. The molecule has 37 heavy (non-hydrogen) atoms. The molecule has 1 amide bonds. The van der Waals surface area contributed by atoms with Gasteiger partial charge in [-0.25, -0.2) is 13.8 Å². The van der Waals surface area contributed by atoms with E-state index in [2.05, 4.69) is 25.7 Å². The van der Waals surface area contributed by atoms with E-state index < -0.39 is 11.5 Å². The molecule has 1 aromatic heterocycles. The quantitative estimate of drug-likeness (QED) is 0.346. The van der Waals surface area contributed by atoms with Gasteiger partial charge in [0.15, 0.2) is 0 Å². The third-order valence-electron chi connectivity index (χ3n) is 6.14. The van der Waals surface area contributed by atoms with Crippen LogP contribution < -0.4 is 0 Å². The highest BCUT2D eigenvalue weighted by Crippen LogP contribution is 2.39. The van der Waals surface area contributed by atoms with Crippen LogP contribution in [0, 0.1) is 17.0 Å². The van der Waals surface area contributed by atoms with Gasteiger partial charge in [-0.15, -0.1) is 0 Å².